The number of hydrogen-bond donors (Lipinski definition) is 3. The zero-order valence-corrected chi connectivity index (χ0v) is 9.13. The lowest BCUT2D eigenvalue weighted by molar-refractivity contribution is 0.0917. The average molecular weight is 201 g/mol. The zero-order valence-electron chi connectivity index (χ0n) is 9.13. The number of aliphatic hydroxyl groups excluding tert-OH is 2. The average Bonchev–Trinajstić information content (AvgIpc) is 2.46. The first-order valence-corrected chi connectivity index (χ1v) is 5.69. The third-order valence-electron chi connectivity index (χ3n) is 3.11. The van der Waals surface area contributed by atoms with Gasteiger partial charge in [-0.3, -0.25) is 0 Å². The molecular formula is C11H23NO2. The Morgan fingerprint density at radius 1 is 1.07 bits per heavy atom. The largest absolute Gasteiger partial charge is 0.394 e. The Labute approximate surface area is 86.5 Å². The Kier molecular flexibility index (Phi) is 4.85. The number of nitrogens with one attached hydrogen (secondary N) is 1. The fourth-order valence-corrected chi connectivity index (χ4v) is 2.06. The third kappa shape index (κ3) is 3.56. The second-order valence-corrected chi connectivity index (χ2v) is 4.71. The molecular weight excluding hydrogens is 178 g/mol. The maximum absolute atomic E-state index is 9.16. The topological polar surface area (TPSA) is 52.5 Å². The Balaban J connectivity index is 2.39. The SMILES string of the molecule is CC(CO)(CO)NC1CCCCCC1. The molecule has 0 heterocycles. The Bertz CT molecular complexity index is 149. The lowest BCUT2D eigenvalue weighted by atomic mass is 10.0. The summed E-state index contributed by atoms with van der Waals surface area (Å²) in [7, 11) is 0. The summed E-state index contributed by atoms with van der Waals surface area (Å²) in [6, 6.07) is 0.474. The molecule has 0 amide bonds. The van der Waals surface area contributed by atoms with Crippen molar-refractivity contribution in [1.82, 2.24) is 5.32 Å². The molecule has 0 spiro atoms. The monoisotopic (exact) mass is 201 g/mol. The van der Waals surface area contributed by atoms with Crippen LogP contribution >= 0.6 is 0 Å². The van der Waals surface area contributed by atoms with Gasteiger partial charge in [-0.1, -0.05) is 25.7 Å². The summed E-state index contributed by atoms with van der Waals surface area (Å²) < 4.78 is 0. The highest BCUT2D eigenvalue weighted by molar-refractivity contribution is 4.86. The number of aliphatic hydroxyl groups is 2. The smallest absolute Gasteiger partial charge is 0.0633 e. The summed E-state index contributed by atoms with van der Waals surface area (Å²) in [6.45, 7) is 1.87. The van der Waals surface area contributed by atoms with E-state index < -0.39 is 5.54 Å². The van der Waals surface area contributed by atoms with E-state index in [4.69, 9.17) is 10.2 Å². The maximum atomic E-state index is 9.16. The van der Waals surface area contributed by atoms with Gasteiger partial charge in [-0.15, -0.1) is 0 Å². The van der Waals surface area contributed by atoms with Crippen LogP contribution in [0.15, 0.2) is 0 Å². The van der Waals surface area contributed by atoms with Crippen molar-refractivity contribution in [3.63, 3.8) is 0 Å². The van der Waals surface area contributed by atoms with Gasteiger partial charge in [-0.25, -0.2) is 0 Å². The van der Waals surface area contributed by atoms with Crippen LogP contribution in [-0.4, -0.2) is 35.0 Å². The molecule has 0 aromatic rings. The van der Waals surface area contributed by atoms with E-state index >= 15 is 0 Å². The molecule has 0 radical (unpaired) electrons. The predicted molar refractivity (Wildman–Crippen MR) is 57.2 cm³/mol. The van der Waals surface area contributed by atoms with E-state index in [9.17, 15) is 0 Å². The molecule has 84 valence electrons. The van der Waals surface area contributed by atoms with Gasteiger partial charge in [-0.2, -0.15) is 0 Å². The molecule has 0 saturated heterocycles. The molecule has 0 aliphatic heterocycles. The lowest BCUT2D eigenvalue weighted by Gasteiger charge is -2.31. The van der Waals surface area contributed by atoms with Crippen LogP contribution in [0.3, 0.4) is 0 Å². The standard InChI is InChI=1S/C11H23NO2/c1-11(8-13,9-14)12-10-6-4-2-3-5-7-10/h10,12-14H,2-9H2,1H3. The minimum absolute atomic E-state index is 0. The zero-order chi connectivity index (χ0) is 10.4. The summed E-state index contributed by atoms with van der Waals surface area (Å²) >= 11 is 0. The second-order valence-electron chi connectivity index (χ2n) is 4.71. The van der Waals surface area contributed by atoms with Gasteiger partial charge in [0.25, 0.3) is 0 Å². The molecule has 1 saturated carbocycles. The molecule has 3 nitrogen and oxygen atoms in total. The lowest BCUT2D eigenvalue weighted by Crippen LogP contribution is -2.53. The number of hydrogen-bond acceptors (Lipinski definition) is 3. The highest BCUT2D eigenvalue weighted by Gasteiger charge is 2.25. The molecule has 0 aromatic carbocycles. The van der Waals surface area contributed by atoms with Gasteiger partial charge in [0.05, 0.1) is 18.8 Å². The first-order valence-electron chi connectivity index (χ1n) is 5.69. The summed E-state index contributed by atoms with van der Waals surface area (Å²) in [4.78, 5) is 0. The van der Waals surface area contributed by atoms with Crippen LogP contribution in [-0.2, 0) is 0 Å². The Morgan fingerprint density at radius 2 is 1.57 bits per heavy atom. The first-order chi connectivity index (χ1) is 6.70. The van der Waals surface area contributed by atoms with E-state index in [1.165, 1.54) is 38.5 Å². The molecule has 0 aromatic heterocycles. The van der Waals surface area contributed by atoms with Crippen molar-refractivity contribution < 1.29 is 10.2 Å². The molecule has 0 unspecified atom stereocenters. The van der Waals surface area contributed by atoms with Gasteiger partial charge in [0.2, 0.25) is 0 Å². The summed E-state index contributed by atoms with van der Waals surface area (Å²) in [6.07, 6.45) is 7.54. The van der Waals surface area contributed by atoms with Crippen LogP contribution in [0.25, 0.3) is 0 Å². The van der Waals surface area contributed by atoms with Gasteiger partial charge >= 0.3 is 0 Å². The first kappa shape index (κ1) is 12.0. The van der Waals surface area contributed by atoms with Crippen LogP contribution < -0.4 is 5.32 Å². The van der Waals surface area contributed by atoms with E-state index in [0.717, 1.165) is 0 Å². The van der Waals surface area contributed by atoms with Crippen LogP contribution in [0.4, 0.5) is 0 Å². The summed E-state index contributed by atoms with van der Waals surface area (Å²) in [5, 5.41) is 21.7. The van der Waals surface area contributed by atoms with E-state index in [0.29, 0.717) is 6.04 Å². The van der Waals surface area contributed by atoms with Gasteiger partial charge in [-0.05, 0) is 19.8 Å². The highest BCUT2D eigenvalue weighted by Crippen LogP contribution is 2.19. The molecule has 0 bridgehead atoms. The Hall–Kier alpha value is -0.120. The third-order valence-corrected chi connectivity index (χ3v) is 3.11. The number of rotatable bonds is 4. The van der Waals surface area contributed by atoms with Gasteiger partial charge in [0, 0.05) is 6.04 Å². The van der Waals surface area contributed by atoms with Gasteiger partial charge < -0.3 is 15.5 Å². The predicted octanol–water partition coefficient (Wildman–Crippen LogP) is 1.04. The molecule has 0 atom stereocenters. The molecule has 1 fully saturated rings. The Morgan fingerprint density at radius 3 is 2.00 bits per heavy atom. The van der Waals surface area contributed by atoms with E-state index in [-0.39, 0.29) is 13.2 Å². The quantitative estimate of drug-likeness (QED) is 0.596. The van der Waals surface area contributed by atoms with Crippen LogP contribution in [0.5, 0.6) is 0 Å². The van der Waals surface area contributed by atoms with E-state index in [2.05, 4.69) is 5.32 Å². The van der Waals surface area contributed by atoms with E-state index in [1.54, 1.807) is 0 Å². The summed E-state index contributed by atoms with van der Waals surface area (Å²) in [5.41, 5.74) is -0.505. The van der Waals surface area contributed by atoms with Crippen molar-refractivity contribution in [2.24, 2.45) is 0 Å². The molecule has 3 heteroatoms. The minimum atomic E-state index is -0.505. The van der Waals surface area contributed by atoms with Crippen LogP contribution in [0, 0.1) is 0 Å². The fourth-order valence-electron chi connectivity index (χ4n) is 2.06. The maximum Gasteiger partial charge on any atom is 0.0633 e. The van der Waals surface area contributed by atoms with Crippen molar-refractivity contribution in [3.05, 3.63) is 0 Å². The van der Waals surface area contributed by atoms with Crippen molar-refractivity contribution in [2.45, 2.75) is 57.0 Å². The highest BCUT2D eigenvalue weighted by atomic mass is 16.3. The van der Waals surface area contributed by atoms with Gasteiger partial charge in [0.15, 0.2) is 0 Å². The van der Waals surface area contributed by atoms with Crippen LogP contribution in [0.2, 0.25) is 0 Å². The molecule has 1 aliphatic rings. The van der Waals surface area contributed by atoms with Crippen molar-refractivity contribution >= 4 is 0 Å². The van der Waals surface area contributed by atoms with E-state index in [1.807, 2.05) is 6.92 Å². The molecule has 1 aliphatic carbocycles. The molecule has 1 rings (SSSR count). The van der Waals surface area contributed by atoms with Crippen molar-refractivity contribution in [3.8, 4) is 0 Å². The molecule has 14 heavy (non-hydrogen) atoms. The van der Waals surface area contributed by atoms with Crippen molar-refractivity contribution in [1.29, 1.82) is 0 Å². The van der Waals surface area contributed by atoms with Crippen molar-refractivity contribution in [2.75, 3.05) is 13.2 Å². The van der Waals surface area contributed by atoms with Crippen LogP contribution in [0.1, 0.15) is 45.4 Å². The normalized spacial score (nSPS) is 20.8. The molecule has 3 N–H and O–H groups in total. The second kappa shape index (κ2) is 5.69. The fraction of sp³-hybridized carbons (Fsp3) is 1.00. The van der Waals surface area contributed by atoms with Gasteiger partial charge in [0.1, 0.15) is 0 Å². The minimum Gasteiger partial charge on any atom is -0.394 e. The summed E-state index contributed by atoms with van der Waals surface area (Å²) in [5.74, 6) is 0.